The van der Waals surface area contributed by atoms with E-state index in [0.717, 1.165) is 4.90 Å². The smallest absolute Gasteiger partial charge is 0.341 e. The third-order valence-corrected chi connectivity index (χ3v) is 9.76. The van der Waals surface area contributed by atoms with Gasteiger partial charge in [-0.15, -0.1) is 0 Å². The highest BCUT2D eigenvalue weighted by Gasteiger charge is 2.40. The van der Waals surface area contributed by atoms with E-state index in [-0.39, 0.29) is 68.2 Å². The lowest BCUT2D eigenvalue weighted by molar-refractivity contribution is -0.143. The molecule has 0 radical (unpaired) electrons. The molecule has 0 saturated carbocycles. The Hall–Kier alpha value is -3.20. The van der Waals surface area contributed by atoms with Gasteiger partial charge in [0.1, 0.15) is 5.82 Å². The zero-order valence-electron chi connectivity index (χ0n) is 24.0. The fourth-order valence-corrected chi connectivity index (χ4v) is 7.07. The van der Waals surface area contributed by atoms with Crippen molar-refractivity contribution >= 4 is 21.7 Å². The van der Waals surface area contributed by atoms with Crippen LogP contribution in [0.5, 0.6) is 0 Å². The zero-order chi connectivity index (χ0) is 32.6. The fourth-order valence-electron chi connectivity index (χ4n) is 5.79. The van der Waals surface area contributed by atoms with E-state index in [1.54, 1.807) is 16.7 Å². The van der Waals surface area contributed by atoms with E-state index < -0.39 is 63.4 Å². The fraction of sp³-hybridized carbons (Fsp3) is 0.517. The first-order valence-electron chi connectivity index (χ1n) is 13.8. The third-order valence-electron chi connectivity index (χ3n) is 8.15. The van der Waals surface area contributed by atoms with Crippen molar-refractivity contribution in [2.45, 2.75) is 38.2 Å². The summed E-state index contributed by atoms with van der Waals surface area (Å²) >= 11 is 0. The van der Waals surface area contributed by atoms with Crippen LogP contribution in [0.2, 0.25) is 0 Å². The van der Waals surface area contributed by atoms with Gasteiger partial charge >= 0.3 is 12.4 Å². The molecule has 15 heteroatoms. The summed E-state index contributed by atoms with van der Waals surface area (Å²) in [5, 5.41) is 0. The summed E-state index contributed by atoms with van der Waals surface area (Å²) in [5.41, 5.74) is -2.23. The van der Waals surface area contributed by atoms with Crippen LogP contribution in [0.4, 0.5) is 30.7 Å². The Labute approximate surface area is 250 Å². The molecule has 2 atom stereocenters. The standard InChI is InChI=1S/C29H32F7N3O4S/c1-18-11-22(30)3-4-23(18)25-16-39(26(40)17-38-7-9-44(42,43)10-8-38)6-5-24(25)27(41)37(2)15-19-12-20(28(31,32)33)14-21(13-19)29(34,35)36/h3-4,11-14,24-25H,5-10,15-17H2,1-2H3. The Kier molecular flexibility index (Phi) is 9.69. The van der Waals surface area contributed by atoms with Crippen molar-refractivity contribution in [1.29, 1.82) is 0 Å². The molecule has 4 rings (SSSR count). The van der Waals surface area contributed by atoms with Crippen molar-refractivity contribution in [1.82, 2.24) is 14.7 Å². The average Bonchev–Trinajstić information content (AvgIpc) is 2.92. The molecule has 2 amide bonds. The molecule has 0 aliphatic carbocycles. The predicted molar refractivity (Wildman–Crippen MR) is 147 cm³/mol. The van der Waals surface area contributed by atoms with Crippen molar-refractivity contribution in [3.05, 3.63) is 70.0 Å². The van der Waals surface area contributed by atoms with Gasteiger partial charge in [0.05, 0.1) is 29.2 Å². The number of likely N-dealkylation sites (tertiary alicyclic amines) is 1. The van der Waals surface area contributed by atoms with Crippen molar-refractivity contribution in [2.75, 3.05) is 51.3 Å². The Balaban J connectivity index is 1.56. The minimum absolute atomic E-state index is 0.0220. The van der Waals surface area contributed by atoms with Gasteiger partial charge in [0.15, 0.2) is 9.84 Å². The summed E-state index contributed by atoms with van der Waals surface area (Å²) < 4.78 is 118. The normalized spacial score (nSPS) is 21.2. The summed E-state index contributed by atoms with van der Waals surface area (Å²) in [6, 6.07) is 5.16. The van der Waals surface area contributed by atoms with Crippen LogP contribution >= 0.6 is 0 Å². The first-order chi connectivity index (χ1) is 20.3. The van der Waals surface area contributed by atoms with Crippen LogP contribution in [0.3, 0.4) is 0 Å². The van der Waals surface area contributed by atoms with Crippen LogP contribution in [0.1, 0.15) is 40.2 Å². The van der Waals surface area contributed by atoms with Gasteiger partial charge in [-0.05, 0) is 60.4 Å². The lowest BCUT2D eigenvalue weighted by Gasteiger charge is -2.41. The maximum atomic E-state index is 13.9. The molecule has 2 unspecified atom stereocenters. The van der Waals surface area contributed by atoms with Gasteiger partial charge < -0.3 is 9.80 Å². The second-order valence-electron chi connectivity index (χ2n) is 11.4. The molecule has 2 aliphatic rings. The number of hydrogen-bond donors (Lipinski definition) is 0. The number of nitrogens with zero attached hydrogens (tertiary/aromatic N) is 3. The molecule has 2 saturated heterocycles. The van der Waals surface area contributed by atoms with Crippen LogP contribution in [0, 0.1) is 18.7 Å². The summed E-state index contributed by atoms with van der Waals surface area (Å²) in [7, 11) is -1.86. The first kappa shape index (κ1) is 33.7. The van der Waals surface area contributed by atoms with Crippen LogP contribution < -0.4 is 0 Å². The van der Waals surface area contributed by atoms with Crippen LogP contribution in [-0.2, 0) is 38.3 Å². The number of carbonyl (C=O) groups excluding carboxylic acids is 2. The predicted octanol–water partition coefficient (Wildman–Crippen LogP) is 4.49. The van der Waals surface area contributed by atoms with Gasteiger partial charge in [0.2, 0.25) is 11.8 Å². The Morgan fingerprint density at radius 2 is 1.52 bits per heavy atom. The molecule has 242 valence electrons. The maximum Gasteiger partial charge on any atom is 0.416 e. The van der Waals surface area contributed by atoms with E-state index in [1.807, 2.05) is 0 Å². The minimum atomic E-state index is -5.04. The lowest BCUT2D eigenvalue weighted by atomic mass is 9.78. The van der Waals surface area contributed by atoms with Crippen molar-refractivity contribution < 1.29 is 48.7 Å². The number of amides is 2. The second-order valence-corrected chi connectivity index (χ2v) is 13.7. The number of sulfone groups is 1. The SMILES string of the molecule is Cc1cc(F)ccc1C1CN(C(=O)CN2CCS(=O)(=O)CC2)CCC1C(=O)N(C)Cc1cc(C(F)(F)F)cc(C(F)(F)F)c1. The topological polar surface area (TPSA) is 78.0 Å². The number of carbonyl (C=O) groups is 2. The number of rotatable bonds is 6. The number of benzene rings is 2. The van der Waals surface area contributed by atoms with Crippen molar-refractivity contribution in [2.24, 2.45) is 5.92 Å². The van der Waals surface area contributed by atoms with Gasteiger partial charge in [-0.3, -0.25) is 14.5 Å². The van der Waals surface area contributed by atoms with E-state index in [1.165, 1.54) is 25.2 Å². The van der Waals surface area contributed by atoms with Gasteiger partial charge in [0, 0.05) is 51.6 Å². The number of halogens is 7. The Morgan fingerprint density at radius 3 is 2.07 bits per heavy atom. The minimum Gasteiger partial charge on any atom is -0.341 e. The van der Waals surface area contributed by atoms with Crippen LogP contribution in [0.15, 0.2) is 36.4 Å². The molecule has 2 aromatic carbocycles. The lowest BCUT2D eigenvalue weighted by Crippen LogP contribution is -2.51. The van der Waals surface area contributed by atoms with E-state index in [0.29, 0.717) is 23.3 Å². The highest BCUT2D eigenvalue weighted by molar-refractivity contribution is 7.91. The van der Waals surface area contributed by atoms with Crippen molar-refractivity contribution in [3.63, 3.8) is 0 Å². The summed E-state index contributed by atoms with van der Waals surface area (Å²) in [4.78, 5) is 31.3. The van der Waals surface area contributed by atoms with Gasteiger partial charge in [-0.25, -0.2) is 12.8 Å². The van der Waals surface area contributed by atoms with E-state index in [9.17, 15) is 48.7 Å². The number of alkyl halides is 6. The van der Waals surface area contributed by atoms with Gasteiger partial charge in [0.25, 0.3) is 0 Å². The molecule has 0 aromatic heterocycles. The summed E-state index contributed by atoms with van der Waals surface area (Å²) in [6.07, 6.45) is -9.93. The molecule has 0 spiro atoms. The monoisotopic (exact) mass is 651 g/mol. The molecule has 2 aliphatic heterocycles. The molecule has 7 nitrogen and oxygen atoms in total. The molecular weight excluding hydrogens is 619 g/mol. The van der Waals surface area contributed by atoms with Crippen LogP contribution in [0.25, 0.3) is 0 Å². The van der Waals surface area contributed by atoms with Crippen molar-refractivity contribution in [3.8, 4) is 0 Å². The molecule has 0 N–H and O–H groups in total. The first-order valence-corrected chi connectivity index (χ1v) is 15.7. The molecule has 44 heavy (non-hydrogen) atoms. The molecule has 2 aromatic rings. The van der Waals surface area contributed by atoms with Gasteiger partial charge in [-0.2, -0.15) is 26.3 Å². The van der Waals surface area contributed by atoms with E-state index in [2.05, 4.69) is 0 Å². The largest absolute Gasteiger partial charge is 0.416 e. The van der Waals surface area contributed by atoms with E-state index in [4.69, 9.17) is 0 Å². The quantitative estimate of drug-likeness (QED) is 0.431. The third kappa shape index (κ3) is 8.09. The highest BCUT2D eigenvalue weighted by Crippen LogP contribution is 2.38. The highest BCUT2D eigenvalue weighted by atomic mass is 32.2. The maximum absolute atomic E-state index is 13.9. The summed E-state index contributed by atoms with van der Waals surface area (Å²) in [5.74, 6) is -2.90. The Bertz CT molecular complexity index is 1470. The second kappa shape index (κ2) is 12.7. The number of aryl methyl sites for hydroxylation is 1. The van der Waals surface area contributed by atoms with Gasteiger partial charge in [-0.1, -0.05) is 6.07 Å². The Morgan fingerprint density at radius 1 is 0.932 bits per heavy atom. The summed E-state index contributed by atoms with van der Waals surface area (Å²) in [6.45, 7) is 1.70. The number of piperidine rings is 1. The zero-order valence-corrected chi connectivity index (χ0v) is 24.8. The molecular formula is C29H32F7N3O4S. The molecule has 0 bridgehead atoms. The molecule has 2 heterocycles. The van der Waals surface area contributed by atoms with E-state index >= 15 is 0 Å². The number of hydrogen-bond acceptors (Lipinski definition) is 5. The average molecular weight is 652 g/mol. The van der Waals surface area contributed by atoms with Crippen LogP contribution in [-0.4, -0.2) is 86.2 Å². The molecule has 2 fully saturated rings.